The number of para-hydroxylation sites is 1. The van der Waals surface area contributed by atoms with Crippen LogP contribution in [-0.4, -0.2) is 11.4 Å². The summed E-state index contributed by atoms with van der Waals surface area (Å²) >= 11 is 0. The summed E-state index contributed by atoms with van der Waals surface area (Å²) in [4.78, 5) is 2.68. The van der Waals surface area contributed by atoms with Crippen LogP contribution in [0.3, 0.4) is 0 Å². The van der Waals surface area contributed by atoms with Gasteiger partial charge in [0, 0.05) is 55.0 Å². The van der Waals surface area contributed by atoms with Crippen molar-refractivity contribution in [3.8, 4) is 27.9 Å². The molecule has 3 aliphatic rings. The van der Waals surface area contributed by atoms with Crippen LogP contribution in [0, 0.1) is 0 Å². The number of rotatable bonds is 1. The van der Waals surface area contributed by atoms with Gasteiger partial charge in [0.05, 0.1) is 16.4 Å². The zero-order chi connectivity index (χ0) is 46.7. The molecule has 0 saturated heterocycles. The molecule has 0 atom stereocenters. The molecule has 0 bridgehead atoms. The molecule has 3 aromatic heterocycles. The van der Waals surface area contributed by atoms with Crippen molar-refractivity contribution in [2.24, 2.45) is 0 Å². The SMILES string of the molecule is CC(C)(C)c1ccc(N2B3c4cc5c(cc4-n4c6ccc(C(C)(C)C)cc6c6c7oc8ccccc8c7c(c3c64)-c3cc4oc6ccc(C(C)(C)C)cc6c4cc32)C(C)(C)c2ccccc2-5)cc1. The van der Waals surface area contributed by atoms with Gasteiger partial charge in [0.1, 0.15) is 22.3 Å². The summed E-state index contributed by atoms with van der Waals surface area (Å²) in [5, 5.41) is 6.98. The zero-order valence-electron chi connectivity index (χ0n) is 41.0. The number of nitrogens with zero attached hydrogens (tertiary/aromatic N) is 2. The van der Waals surface area contributed by atoms with E-state index in [2.05, 4.69) is 219 Å². The van der Waals surface area contributed by atoms with E-state index in [0.717, 1.165) is 49.7 Å². The fourth-order valence-electron chi connectivity index (χ4n) is 12.6. The van der Waals surface area contributed by atoms with Gasteiger partial charge in [-0.05, 0) is 132 Å². The van der Waals surface area contributed by atoms with E-state index in [1.807, 2.05) is 0 Å². The maximum absolute atomic E-state index is 7.28. The Labute approximate surface area is 398 Å². The molecule has 14 rings (SSSR count). The molecule has 0 fully saturated rings. The lowest BCUT2D eigenvalue weighted by Gasteiger charge is -2.42. The summed E-state index contributed by atoms with van der Waals surface area (Å²) in [7, 11) is 0. The number of furan rings is 2. The van der Waals surface area contributed by atoms with Gasteiger partial charge < -0.3 is 18.2 Å². The molecular weight excluding hydrogens is 828 g/mol. The number of aromatic nitrogens is 1. The Morgan fingerprint density at radius 3 is 1.88 bits per heavy atom. The maximum atomic E-state index is 7.28. The average molecular weight is 883 g/mol. The molecule has 0 spiro atoms. The van der Waals surface area contributed by atoms with Crippen LogP contribution in [0.4, 0.5) is 11.4 Å². The van der Waals surface area contributed by atoms with E-state index in [1.54, 1.807) is 0 Å². The number of hydrogen-bond donors (Lipinski definition) is 0. The highest BCUT2D eigenvalue weighted by atomic mass is 16.3. The first kappa shape index (κ1) is 40.1. The molecule has 5 heterocycles. The van der Waals surface area contributed by atoms with Crippen molar-refractivity contribution < 1.29 is 8.83 Å². The van der Waals surface area contributed by atoms with Gasteiger partial charge in [-0.25, -0.2) is 0 Å². The Morgan fingerprint density at radius 2 is 1.13 bits per heavy atom. The fourth-order valence-corrected chi connectivity index (χ4v) is 12.6. The Kier molecular flexibility index (Phi) is 7.53. The van der Waals surface area contributed by atoms with E-state index in [1.165, 1.54) is 94.0 Å². The molecule has 0 amide bonds. The van der Waals surface area contributed by atoms with Crippen molar-refractivity contribution in [2.45, 2.75) is 97.8 Å². The van der Waals surface area contributed by atoms with E-state index in [-0.39, 0.29) is 28.5 Å². The van der Waals surface area contributed by atoms with Crippen molar-refractivity contribution in [1.82, 2.24) is 4.57 Å². The molecule has 1 aliphatic carbocycles. The summed E-state index contributed by atoms with van der Waals surface area (Å²) in [6.07, 6.45) is 0. The van der Waals surface area contributed by atoms with Crippen LogP contribution >= 0.6 is 0 Å². The van der Waals surface area contributed by atoms with Gasteiger partial charge in [0.2, 0.25) is 0 Å². The smallest absolute Gasteiger partial charge is 0.333 e. The summed E-state index contributed by atoms with van der Waals surface area (Å²) in [6, 6.07) is 51.1. The molecule has 0 unspecified atom stereocenters. The number of hydrogen-bond acceptors (Lipinski definition) is 3. The Balaban J connectivity index is 1.22. The summed E-state index contributed by atoms with van der Waals surface area (Å²) in [5.74, 6) is 0. The summed E-state index contributed by atoms with van der Waals surface area (Å²) in [6.45, 7) is 25.4. The minimum atomic E-state index is -0.186. The monoisotopic (exact) mass is 882 g/mol. The lowest BCUT2D eigenvalue weighted by Crippen LogP contribution is -2.60. The van der Waals surface area contributed by atoms with Crippen LogP contribution in [0.1, 0.15) is 104 Å². The second-order valence-electron chi connectivity index (χ2n) is 23.8. The van der Waals surface area contributed by atoms with Gasteiger partial charge in [-0.3, -0.25) is 0 Å². The van der Waals surface area contributed by atoms with Crippen molar-refractivity contribution in [3.05, 3.63) is 161 Å². The largest absolute Gasteiger partial charge is 0.456 e. The molecule has 0 N–H and O–H groups in total. The van der Waals surface area contributed by atoms with Crippen LogP contribution < -0.4 is 15.7 Å². The second kappa shape index (κ2) is 12.8. The Hall–Kier alpha value is -6.98. The van der Waals surface area contributed by atoms with Gasteiger partial charge in [-0.15, -0.1) is 0 Å². The normalized spacial score (nSPS) is 15.0. The van der Waals surface area contributed by atoms with Crippen LogP contribution in [0.15, 0.2) is 142 Å². The van der Waals surface area contributed by atoms with Crippen molar-refractivity contribution in [1.29, 1.82) is 0 Å². The minimum Gasteiger partial charge on any atom is -0.456 e. The van der Waals surface area contributed by atoms with Crippen molar-refractivity contribution in [3.63, 3.8) is 0 Å². The average Bonchev–Trinajstić information content (AvgIpc) is 4.03. The van der Waals surface area contributed by atoms with E-state index in [9.17, 15) is 0 Å². The van der Waals surface area contributed by atoms with Crippen molar-refractivity contribution in [2.75, 3.05) is 4.81 Å². The fraction of sp³-hybridized carbons (Fsp3) is 0.238. The third-order valence-electron chi connectivity index (χ3n) is 16.2. The van der Waals surface area contributed by atoms with E-state index in [0.29, 0.717) is 0 Å². The topological polar surface area (TPSA) is 34.5 Å². The number of fused-ring (bicyclic) bond motifs is 19. The molecule has 5 heteroatoms. The highest BCUT2D eigenvalue weighted by Gasteiger charge is 2.48. The molecule has 68 heavy (non-hydrogen) atoms. The molecule has 332 valence electrons. The van der Waals surface area contributed by atoms with Gasteiger partial charge in [-0.2, -0.15) is 0 Å². The number of anilines is 2. The molecule has 0 saturated carbocycles. The first-order valence-electron chi connectivity index (χ1n) is 24.5. The lowest BCUT2D eigenvalue weighted by atomic mass is 9.43. The molecule has 0 radical (unpaired) electrons. The van der Waals surface area contributed by atoms with Crippen LogP contribution in [0.5, 0.6) is 0 Å². The predicted molar refractivity (Wildman–Crippen MR) is 288 cm³/mol. The van der Waals surface area contributed by atoms with Crippen LogP contribution in [0.2, 0.25) is 0 Å². The van der Waals surface area contributed by atoms with Crippen LogP contribution in [0.25, 0.3) is 93.6 Å². The molecular formula is C63H55BN2O2. The first-order valence-corrected chi connectivity index (χ1v) is 24.5. The van der Waals surface area contributed by atoms with E-state index >= 15 is 0 Å². The van der Waals surface area contributed by atoms with Gasteiger partial charge in [-0.1, -0.05) is 149 Å². The molecule has 8 aromatic carbocycles. The minimum absolute atomic E-state index is 0.00269. The number of benzene rings is 8. The summed E-state index contributed by atoms with van der Waals surface area (Å²) in [5.41, 5.74) is 23.7. The molecule has 11 aromatic rings. The van der Waals surface area contributed by atoms with E-state index < -0.39 is 0 Å². The first-order chi connectivity index (χ1) is 32.4. The zero-order valence-corrected chi connectivity index (χ0v) is 41.0. The quantitative estimate of drug-likeness (QED) is 0.154. The Morgan fingerprint density at radius 1 is 0.485 bits per heavy atom. The maximum Gasteiger partial charge on any atom is 0.333 e. The molecule has 2 aliphatic heterocycles. The molecule has 4 nitrogen and oxygen atoms in total. The van der Waals surface area contributed by atoms with Crippen LogP contribution in [-0.2, 0) is 21.7 Å². The highest BCUT2D eigenvalue weighted by Crippen LogP contribution is 2.55. The predicted octanol–water partition coefficient (Wildman–Crippen LogP) is 16.0. The highest BCUT2D eigenvalue weighted by molar-refractivity contribution is 6.94. The standard InChI is InChI=1S/C63H55BN2O2/c1-60(2,3)34-20-24-37(25-21-34)66-49-31-42-41-28-36(62(7,8)9)23-27-52(41)67-53(42)32-44(49)54-55-39-17-13-15-19-51(39)68-59(55)56-43-29-35(61(4,5)6)22-26-48(43)65-50-33-46-40(30-47(50)64(66)57(54)58(56)65)38-16-12-14-18-45(38)63(46,10)11/h12-33H,1-11H3. The summed E-state index contributed by atoms with van der Waals surface area (Å²) < 4.78 is 16.8. The third kappa shape index (κ3) is 5.12. The lowest BCUT2D eigenvalue weighted by molar-refractivity contribution is 0.590. The van der Waals surface area contributed by atoms with Gasteiger partial charge in [0.15, 0.2) is 0 Å². The van der Waals surface area contributed by atoms with Gasteiger partial charge >= 0.3 is 6.85 Å². The van der Waals surface area contributed by atoms with Crippen molar-refractivity contribution >= 4 is 94.8 Å². The Bertz CT molecular complexity index is 4060. The van der Waals surface area contributed by atoms with E-state index in [4.69, 9.17) is 8.83 Å². The third-order valence-corrected chi connectivity index (χ3v) is 16.2. The van der Waals surface area contributed by atoms with Gasteiger partial charge in [0.25, 0.3) is 0 Å². The second-order valence-corrected chi connectivity index (χ2v) is 23.8.